The monoisotopic (exact) mass is 378 g/mol. The van der Waals surface area contributed by atoms with Crippen LogP contribution in [0, 0.1) is 0 Å². The van der Waals surface area contributed by atoms with Gasteiger partial charge >= 0.3 is 0 Å². The molecule has 0 bridgehead atoms. The predicted molar refractivity (Wildman–Crippen MR) is 110 cm³/mol. The van der Waals surface area contributed by atoms with E-state index in [2.05, 4.69) is 47.2 Å². The van der Waals surface area contributed by atoms with Crippen LogP contribution in [-0.4, -0.2) is 51.9 Å². The van der Waals surface area contributed by atoms with Crippen LogP contribution in [0.15, 0.2) is 47.1 Å². The maximum atomic E-state index is 5.96. The van der Waals surface area contributed by atoms with Crippen molar-refractivity contribution in [2.45, 2.75) is 12.5 Å². The molecular weight excluding hydrogens is 352 g/mol. The molecule has 0 spiro atoms. The van der Waals surface area contributed by atoms with Gasteiger partial charge in [0.2, 0.25) is 0 Å². The van der Waals surface area contributed by atoms with Gasteiger partial charge in [0.1, 0.15) is 11.3 Å². The second-order valence-electron chi connectivity index (χ2n) is 7.75. The zero-order chi connectivity index (χ0) is 19.1. The Morgan fingerprint density at radius 1 is 1.07 bits per heavy atom. The van der Waals surface area contributed by atoms with Crippen molar-refractivity contribution in [1.82, 2.24) is 4.90 Å². The third-order valence-corrected chi connectivity index (χ3v) is 6.01. The van der Waals surface area contributed by atoms with E-state index in [0.29, 0.717) is 5.92 Å². The Kier molecular flexibility index (Phi) is 4.49. The first-order valence-corrected chi connectivity index (χ1v) is 9.93. The van der Waals surface area contributed by atoms with E-state index in [1.807, 2.05) is 6.07 Å². The molecule has 0 aliphatic carbocycles. The molecule has 0 N–H and O–H groups in total. The number of fused-ring (bicyclic) bond motifs is 2. The smallest absolute Gasteiger partial charge is 0.146 e. The number of hydrogen-bond donors (Lipinski definition) is 0. The fourth-order valence-corrected chi connectivity index (χ4v) is 4.63. The molecule has 1 saturated heterocycles. The molecule has 5 rings (SSSR count). The highest BCUT2D eigenvalue weighted by molar-refractivity contribution is 5.78. The van der Waals surface area contributed by atoms with Crippen molar-refractivity contribution in [3.05, 3.63) is 59.4 Å². The lowest BCUT2D eigenvalue weighted by molar-refractivity contribution is 0.122. The molecule has 2 aliphatic heterocycles. The molecule has 3 aromatic rings. The van der Waals surface area contributed by atoms with Crippen LogP contribution in [0.3, 0.4) is 0 Å². The summed E-state index contributed by atoms with van der Waals surface area (Å²) in [5, 5.41) is 1.16. The second kappa shape index (κ2) is 7.15. The number of rotatable bonds is 3. The molecule has 3 heterocycles. The quantitative estimate of drug-likeness (QED) is 0.692. The predicted octanol–water partition coefficient (Wildman–Crippen LogP) is 3.86. The lowest BCUT2D eigenvalue weighted by Gasteiger charge is -2.36. The van der Waals surface area contributed by atoms with Gasteiger partial charge in [-0.1, -0.05) is 12.1 Å². The summed E-state index contributed by atoms with van der Waals surface area (Å²) in [4.78, 5) is 4.77. The summed E-state index contributed by atoms with van der Waals surface area (Å²) in [7, 11) is 3.98. The van der Waals surface area contributed by atoms with E-state index in [1.54, 1.807) is 13.4 Å². The van der Waals surface area contributed by atoms with Crippen molar-refractivity contribution in [3.63, 3.8) is 0 Å². The highest BCUT2D eigenvalue weighted by atomic mass is 16.5. The summed E-state index contributed by atoms with van der Waals surface area (Å²) in [6.45, 7) is 5.26. The van der Waals surface area contributed by atoms with E-state index >= 15 is 0 Å². The lowest BCUT2D eigenvalue weighted by atomic mass is 9.83. The minimum atomic E-state index is 0.320. The number of benzene rings is 2. The van der Waals surface area contributed by atoms with Crippen LogP contribution in [0.2, 0.25) is 0 Å². The lowest BCUT2D eigenvalue weighted by Crippen LogP contribution is -2.37. The van der Waals surface area contributed by atoms with Gasteiger partial charge in [-0.3, -0.25) is 0 Å². The van der Waals surface area contributed by atoms with Gasteiger partial charge in [0.15, 0.2) is 0 Å². The molecule has 28 heavy (non-hydrogen) atoms. The Morgan fingerprint density at radius 2 is 1.93 bits per heavy atom. The highest BCUT2D eigenvalue weighted by Crippen LogP contribution is 2.43. The maximum Gasteiger partial charge on any atom is 0.146 e. The second-order valence-corrected chi connectivity index (χ2v) is 7.75. The Bertz CT molecular complexity index is 991. The van der Waals surface area contributed by atoms with Gasteiger partial charge in [-0.2, -0.15) is 0 Å². The molecule has 1 atom stereocenters. The summed E-state index contributed by atoms with van der Waals surface area (Å²) in [5.41, 5.74) is 6.12. The standard InChI is InChI=1S/C23H26N2O3/c1-24-14-19(16-3-6-22-17(13-16)7-10-28-22)18-4-5-21(23(26-2)20(18)15-24)25-8-11-27-12-9-25/h3-7,10,13,19H,8-9,11-12,14-15H2,1-2H3. The average molecular weight is 378 g/mol. The Labute approximate surface area is 165 Å². The van der Waals surface area contributed by atoms with Crippen molar-refractivity contribution >= 4 is 16.7 Å². The Morgan fingerprint density at radius 3 is 2.75 bits per heavy atom. The first-order chi connectivity index (χ1) is 13.7. The summed E-state index contributed by atoms with van der Waals surface area (Å²) in [6.07, 6.45) is 1.76. The van der Waals surface area contributed by atoms with Crippen LogP contribution in [0.4, 0.5) is 5.69 Å². The first kappa shape index (κ1) is 17.6. The van der Waals surface area contributed by atoms with Crippen molar-refractivity contribution < 1.29 is 13.9 Å². The van der Waals surface area contributed by atoms with E-state index in [4.69, 9.17) is 13.9 Å². The Hall–Kier alpha value is -2.50. The molecular formula is C23H26N2O3. The summed E-state index contributed by atoms with van der Waals surface area (Å²) in [5.74, 6) is 1.33. The third-order valence-electron chi connectivity index (χ3n) is 6.01. The third kappa shape index (κ3) is 2.95. The first-order valence-electron chi connectivity index (χ1n) is 9.93. The normalized spacial score (nSPS) is 20.4. The van der Waals surface area contributed by atoms with Crippen LogP contribution in [0.1, 0.15) is 22.6 Å². The molecule has 5 nitrogen and oxygen atoms in total. The molecule has 0 radical (unpaired) electrons. The van der Waals surface area contributed by atoms with Gasteiger partial charge in [-0.05, 0) is 42.4 Å². The number of furan rings is 1. The van der Waals surface area contributed by atoms with E-state index in [9.17, 15) is 0 Å². The number of hydrogen-bond acceptors (Lipinski definition) is 5. The molecule has 2 aliphatic rings. The molecule has 1 fully saturated rings. The zero-order valence-electron chi connectivity index (χ0n) is 16.5. The summed E-state index contributed by atoms with van der Waals surface area (Å²) in [6, 6.07) is 13.1. The molecule has 1 unspecified atom stereocenters. The number of ether oxygens (including phenoxy) is 2. The van der Waals surface area contributed by atoms with Crippen molar-refractivity contribution in [2.24, 2.45) is 0 Å². The number of anilines is 1. The number of morpholine rings is 1. The molecule has 0 amide bonds. The van der Waals surface area contributed by atoms with Gasteiger partial charge in [-0.15, -0.1) is 0 Å². The van der Waals surface area contributed by atoms with E-state index < -0.39 is 0 Å². The maximum absolute atomic E-state index is 5.96. The van der Waals surface area contributed by atoms with Crippen LogP contribution in [0.5, 0.6) is 5.75 Å². The molecule has 1 aromatic heterocycles. The largest absolute Gasteiger partial charge is 0.494 e. The van der Waals surface area contributed by atoms with Gasteiger partial charge in [-0.25, -0.2) is 0 Å². The summed E-state index contributed by atoms with van der Waals surface area (Å²) < 4.78 is 17.0. The molecule has 5 heteroatoms. The van der Waals surface area contributed by atoms with Crippen molar-refractivity contribution in [3.8, 4) is 5.75 Å². The molecule has 0 saturated carbocycles. The van der Waals surface area contributed by atoms with E-state index in [1.165, 1.54) is 22.4 Å². The van der Waals surface area contributed by atoms with Crippen molar-refractivity contribution in [1.29, 1.82) is 0 Å². The van der Waals surface area contributed by atoms with Gasteiger partial charge < -0.3 is 23.7 Å². The van der Waals surface area contributed by atoms with Crippen LogP contribution in [-0.2, 0) is 11.3 Å². The van der Waals surface area contributed by atoms with Gasteiger partial charge in [0.05, 0.1) is 32.3 Å². The van der Waals surface area contributed by atoms with E-state index in [0.717, 1.165) is 56.1 Å². The zero-order valence-corrected chi connectivity index (χ0v) is 16.5. The number of methoxy groups -OCH3 is 1. The Balaban J connectivity index is 1.60. The number of likely N-dealkylation sites (N-methyl/N-ethyl adjacent to an activating group) is 1. The van der Waals surface area contributed by atoms with Crippen LogP contribution < -0.4 is 9.64 Å². The van der Waals surface area contributed by atoms with Crippen LogP contribution >= 0.6 is 0 Å². The number of nitrogens with zero attached hydrogens (tertiary/aromatic N) is 2. The SMILES string of the molecule is COc1c(N2CCOCC2)ccc2c1CN(C)CC2c1ccc2occc2c1. The minimum absolute atomic E-state index is 0.320. The fraction of sp³-hybridized carbons (Fsp3) is 0.391. The molecule has 2 aromatic carbocycles. The topological polar surface area (TPSA) is 38.1 Å². The fourth-order valence-electron chi connectivity index (χ4n) is 4.63. The van der Waals surface area contributed by atoms with Crippen LogP contribution in [0.25, 0.3) is 11.0 Å². The van der Waals surface area contributed by atoms with Gasteiger partial charge in [0.25, 0.3) is 0 Å². The van der Waals surface area contributed by atoms with Crippen molar-refractivity contribution in [2.75, 3.05) is 51.9 Å². The highest BCUT2D eigenvalue weighted by Gasteiger charge is 2.30. The minimum Gasteiger partial charge on any atom is -0.494 e. The average Bonchev–Trinajstić information content (AvgIpc) is 3.20. The van der Waals surface area contributed by atoms with Gasteiger partial charge in [0, 0.05) is 43.0 Å². The summed E-state index contributed by atoms with van der Waals surface area (Å²) >= 11 is 0. The molecule has 146 valence electrons. The van der Waals surface area contributed by atoms with E-state index in [-0.39, 0.29) is 0 Å².